The molecule has 6 rings (SSSR count). The number of carbonyl (C=O) groups excluding carboxylic acids is 2. The highest BCUT2D eigenvalue weighted by atomic mass is 35.5. The Balaban J connectivity index is 1.45. The molecule has 0 bridgehead atoms. The van der Waals surface area contributed by atoms with Crippen molar-refractivity contribution in [3.63, 3.8) is 0 Å². The standard InChI is InChI=1S/C33H35Cl2N3O5/c1-3-43-31(40)20-9-11-23(28(14-20)42-2)27(39)16-26-30(36)29(19-5-4-6-21(34)13-19)33(38(26)17-18-7-8-18)24-12-10-22(35)15-25(24)37-32(33)41/h4-6,9-15,18,26-27,29-30,39H,3,7-8,16-17,36H2,1-2H3,(H,37,41)/t26-,27+,29-,30+,33+/m0/s1. The molecule has 2 aliphatic heterocycles. The highest BCUT2D eigenvalue weighted by molar-refractivity contribution is 6.31. The van der Waals surface area contributed by atoms with Crippen molar-refractivity contribution in [3.05, 3.63) is 93.0 Å². The Morgan fingerprint density at radius 1 is 1.14 bits per heavy atom. The van der Waals surface area contributed by atoms with Crippen molar-refractivity contribution < 1.29 is 24.2 Å². The second-order valence-corrected chi connectivity index (χ2v) is 12.5. The normalized spacial score (nSPS) is 25.4. The molecular weight excluding hydrogens is 589 g/mol. The molecule has 3 aromatic carbocycles. The number of benzene rings is 3. The van der Waals surface area contributed by atoms with Gasteiger partial charge in [-0.2, -0.15) is 0 Å². The largest absolute Gasteiger partial charge is 0.496 e. The predicted molar refractivity (Wildman–Crippen MR) is 166 cm³/mol. The van der Waals surface area contributed by atoms with E-state index in [-0.39, 0.29) is 25.0 Å². The maximum atomic E-state index is 14.3. The van der Waals surface area contributed by atoms with Gasteiger partial charge in [-0.05, 0) is 74.1 Å². The summed E-state index contributed by atoms with van der Waals surface area (Å²) in [6.45, 7) is 2.64. The molecule has 1 saturated heterocycles. The highest BCUT2D eigenvalue weighted by Crippen LogP contribution is 2.58. The Hall–Kier alpha value is -3.14. The number of aliphatic hydroxyl groups excluding tert-OH is 1. The molecule has 43 heavy (non-hydrogen) atoms. The number of rotatable bonds is 9. The molecule has 3 aliphatic rings. The molecule has 1 saturated carbocycles. The molecule has 0 radical (unpaired) electrons. The minimum absolute atomic E-state index is 0.167. The first-order chi connectivity index (χ1) is 20.7. The molecule has 2 heterocycles. The van der Waals surface area contributed by atoms with E-state index in [9.17, 15) is 14.7 Å². The Bertz CT molecular complexity index is 1560. The molecule has 0 unspecified atom stereocenters. The van der Waals surface area contributed by atoms with Crippen LogP contribution in [0.15, 0.2) is 60.7 Å². The number of hydrogen-bond donors (Lipinski definition) is 3. The van der Waals surface area contributed by atoms with Gasteiger partial charge in [0.1, 0.15) is 11.3 Å². The number of hydrogen-bond acceptors (Lipinski definition) is 7. The summed E-state index contributed by atoms with van der Waals surface area (Å²) in [6.07, 6.45) is 1.38. The number of ether oxygens (including phenoxy) is 2. The second-order valence-electron chi connectivity index (χ2n) is 11.6. The van der Waals surface area contributed by atoms with Crippen molar-refractivity contribution >= 4 is 40.8 Å². The van der Waals surface area contributed by atoms with E-state index >= 15 is 0 Å². The number of carbonyl (C=O) groups is 2. The molecule has 1 aliphatic carbocycles. The van der Waals surface area contributed by atoms with Crippen LogP contribution in [-0.2, 0) is 15.1 Å². The zero-order valence-electron chi connectivity index (χ0n) is 24.1. The lowest BCUT2D eigenvalue weighted by molar-refractivity contribution is -0.128. The van der Waals surface area contributed by atoms with E-state index in [1.54, 1.807) is 43.3 Å². The van der Waals surface area contributed by atoms with Gasteiger partial charge in [-0.15, -0.1) is 0 Å². The molecule has 10 heteroatoms. The molecule has 4 N–H and O–H groups in total. The van der Waals surface area contributed by atoms with Crippen molar-refractivity contribution in [2.45, 2.75) is 55.8 Å². The average molecular weight is 625 g/mol. The first-order valence-electron chi connectivity index (χ1n) is 14.6. The van der Waals surface area contributed by atoms with Crippen LogP contribution >= 0.6 is 23.2 Å². The smallest absolute Gasteiger partial charge is 0.338 e. The minimum atomic E-state index is -1.13. The van der Waals surface area contributed by atoms with Gasteiger partial charge in [0.15, 0.2) is 0 Å². The Labute approximate surface area is 261 Å². The van der Waals surface area contributed by atoms with E-state index in [1.807, 2.05) is 24.3 Å². The van der Waals surface area contributed by atoms with Crippen LogP contribution in [0.1, 0.15) is 65.3 Å². The molecule has 1 spiro atoms. The number of nitrogens with zero attached hydrogens (tertiary/aromatic N) is 1. The maximum Gasteiger partial charge on any atom is 0.338 e. The van der Waals surface area contributed by atoms with Gasteiger partial charge < -0.3 is 25.6 Å². The summed E-state index contributed by atoms with van der Waals surface area (Å²) in [7, 11) is 1.50. The molecular formula is C33H35Cl2N3O5. The summed E-state index contributed by atoms with van der Waals surface area (Å²) in [5, 5.41) is 15.9. The topological polar surface area (TPSA) is 114 Å². The van der Waals surface area contributed by atoms with Gasteiger partial charge in [0, 0.05) is 51.4 Å². The number of halogens is 2. The van der Waals surface area contributed by atoms with Crippen molar-refractivity contribution in [1.29, 1.82) is 0 Å². The van der Waals surface area contributed by atoms with Crippen LogP contribution in [-0.4, -0.2) is 54.2 Å². The number of anilines is 1. The van der Waals surface area contributed by atoms with Crippen LogP contribution in [0, 0.1) is 5.92 Å². The number of nitrogens with two attached hydrogens (primary N) is 1. The molecule has 1 amide bonds. The second kappa shape index (κ2) is 11.7. The first-order valence-corrected chi connectivity index (χ1v) is 15.4. The number of fused-ring (bicyclic) bond motifs is 2. The third-order valence-electron chi connectivity index (χ3n) is 9.05. The number of amides is 1. The monoisotopic (exact) mass is 623 g/mol. The Morgan fingerprint density at radius 2 is 1.91 bits per heavy atom. The molecule has 5 atom stereocenters. The SMILES string of the molecule is CCOC(=O)c1ccc([C@H](O)C[C@H]2[C@@H](N)[C@H](c3cccc(Cl)c3)[C@]3(C(=O)Nc4cc(Cl)ccc43)N2CC2CC2)c(OC)c1. The van der Waals surface area contributed by atoms with E-state index in [2.05, 4.69) is 10.2 Å². The minimum Gasteiger partial charge on any atom is -0.496 e. The number of aliphatic hydroxyl groups is 1. The summed E-state index contributed by atoms with van der Waals surface area (Å²) in [4.78, 5) is 28.9. The van der Waals surface area contributed by atoms with Gasteiger partial charge in [-0.3, -0.25) is 9.69 Å². The van der Waals surface area contributed by atoms with E-state index in [1.165, 1.54) is 7.11 Å². The van der Waals surface area contributed by atoms with Crippen molar-refractivity contribution in [1.82, 2.24) is 4.90 Å². The van der Waals surface area contributed by atoms with Crippen molar-refractivity contribution in [3.8, 4) is 5.75 Å². The van der Waals surface area contributed by atoms with Gasteiger partial charge in [-0.25, -0.2) is 4.79 Å². The highest BCUT2D eigenvalue weighted by Gasteiger charge is 2.66. The van der Waals surface area contributed by atoms with Crippen LogP contribution in [0.5, 0.6) is 5.75 Å². The number of esters is 1. The van der Waals surface area contributed by atoms with E-state index in [0.29, 0.717) is 45.1 Å². The summed E-state index contributed by atoms with van der Waals surface area (Å²) < 4.78 is 10.7. The van der Waals surface area contributed by atoms with Gasteiger partial charge in [0.05, 0.1) is 25.4 Å². The third-order valence-corrected chi connectivity index (χ3v) is 9.52. The fraction of sp³-hybridized carbons (Fsp3) is 0.394. The van der Waals surface area contributed by atoms with Gasteiger partial charge in [-0.1, -0.05) is 47.5 Å². The van der Waals surface area contributed by atoms with Gasteiger partial charge in [0.25, 0.3) is 0 Å². The molecule has 8 nitrogen and oxygen atoms in total. The van der Waals surface area contributed by atoms with E-state index < -0.39 is 29.6 Å². The van der Waals surface area contributed by atoms with Crippen LogP contribution < -0.4 is 15.8 Å². The summed E-state index contributed by atoms with van der Waals surface area (Å²) in [5.41, 5.74) is 9.26. The quantitative estimate of drug-likeness (QED) is 0.264. The maximum absolute atomic E-state index is 14.3. The van der Waals surface area contributed by atoms with Gasteiger partial charge >= 0.3 is 5.97 Å². The fourth-order valence-corrected chi connectivity index (χ4v) is 7.39. The Morgan fingerprint density at radius 3 is 2.60 bits per heavy atom. The Kier molecular flexibility index (Phi) is 8.17. The summed E-state index contributed by atoms with van der Waals surface area (Å²) in [6, 6.07) is 17.0. The third kappa shape index (κ3) is 5.19. The van der Waals surface area contributed by atoms with Crippen molar-refractivity contribution in [2.75, 3.05) is 25.6 Å². The molecule has 0 aromatic heterocycles. The lowest BCUT2D eigenvalue weighted by Crippen LogP contribution is -2.52. The fourth-order valence-electron chi connectivity index (χ4n) is 7.02. The van der Waals surface area contributed by atoms with E-state index in [4.69, 9.17) is 38.4 Å². The first kappa shape index (κ1) is 29.9. The van der Waals surface area contributed by atoms with Crippen LogP contribution in [0.3, 0.4) is 0 Å². The molecule has 3 aromatic rings. The summed E-state index contributed by atoms with van der Waals surface area (Å²) in [5.74, 6) is -0.299. The predicted octanol–water partition coefficient (Wildman–Crippen LogP) is 5.66. The summed E-state index contributed by atoms with van der Waals surface area (Å²) >= 11 is 12.8. The lowest BCUT2D eigenvalue weighted by atomic mass is 9.73. The zero-order valence-corrected chi connectivity index (χ0v) is 25.6. The van der Waals surface area contributed by atoms with Crippen LogP contribution in [0.25, 0.3) is 0 Å². The number of nitrogens with one attached hydrogen (secondary N) is 1. The van der Waals surface area contributed by atoms with Gasteiger partial charge in [0.2, 0.25) is 5.91 Å². The number of likely N-dealkylation sites (tertiary alicyclic amines) is 1. The zero-order chi connectivity index (χ0) is 30.5. The van der Waals surface area contributed by atoms with Crippen molar-refractivity contribution in [2.24, 2.45) is 11.7 Å². The number of methoxy groups -OCH3 is 1. The van der Waals surface area contributed by atoms with Crippen LogP contribution in [0.4, 0.5) is 5.69 Å². The molecule has 2 fully saturated rings. The van der Waals surface area contributed by atoms with E-state index in [0.717, 1.165) is 24.0 Å². The molecule has 226 valence electrons. The van der Waals surface area contributed by atoms with Crippen LogP contribution in [0.2, 0.25) is 10.0 Å². The average Bonchev–Trinajstić information content (AvgIpc) is 3.72. The lowest BCUT2D eigenvalue weighted by Gasteiger charge is -2.40.